The lowest BCUT2D eigenvalue weighted by molar-refractivity contribution is -0.0394. The maximum absolute atomic E-state index is 8.83. The highest BCUT2D eigenvalue weighted by molar-refractivity contribution is 7.09. The minimum Gasteiger partial charge on any atom is -0.231 e. The van der Waals surface area contributed by atoms with Crippen LogP contribution in [0.3, 0.4) is 0 Å². The van der Waals surface area contributed by atoms with Crippen molar-refractivity contribution in [3.8, 4) is 6.07 Å². The van der Waals surface area contributed by atoms with Gasteiger partial charge in [0.15, 0.2) is 5.69 Å². The molecule has 0 N–H and O–H groups in total. The number of nitriles is 1. The molecule has 0 aromatic carbocycles. The number of nitrogens with zero attached hydrogens (tertiary/aromatic N) is 2. The minimum absolute atomic E-state index is 0.602. The predicted octanol–water partition coefficient (Wildman–Crippen LogP) is 4.02. The Kier molecular flexibility index (Phi) is 2.88. The molecule has 1 aromatic heterocycles. The number of aromatic nitrogens is 1. The molecule has 1 aromatic rings. The van der Waals surface area contributed by atoms with Crippen molar-refractivity contribution in [2.45, 2.75) is 44.9 Å². The maximum atomic E-state index is 8.83. The van der Waals surface area contributed by atoms with E-state index in [1.165, 1.54) is 43.5 Å². The maximum Gasteiger partial charge on any atom is 0.151 e. The highest BCUT2D eigenvalue weighted by atomic mass is 32.1. The standard InChI is InChI=1S/C16H20N2S/c17-8-14-9-19-16(18-14)2-1-15-12-4-10-3-11(6-12)7-13(15)5-10/h9-13,15H,1-7H2. The second kappa shape index (κ2) is 4.59. The predicted molar refractivity (Wildman–Crippen MR) is 75.7 cm³/mol. The molecular weight excluding hydrogens is 252 g/mol. The zero-order valence-corrected chi connectivity index (χ0v) is 12.0. The first-order chi connectivity index (χ1) is 9.31. The fourth-order valence-corrected chi connectivity index (χ4v) is 6.02. The van der Waals surface area contributed by atoms with Gasteiger partial charge in [0.05, 0.1) is 5.01 Å². The summed E-state index contributed by atoms with van der Waals surface area (Å²) < 4.78 is 0. The fraction of sp³-hybridized carbons (Fsp3) is 0.750. The fourth-order valence-electron chi connectivity index (χ4n) is 5.28. The molecule has 1 heterocycles. The first-order valence-electron chi connectivity index (χ1n) is 7.66. The summed E-state index contributed by atoms with van der Waals surface area (Å²) in [5.41, 5.74) is 0.602. The Morgan fingerprint density at radius 1 is 1.16 bits per heavy atom. The zero-order valence-electron chi connectivity index (χ0n) is 11.2. The van der Waals surface area contributed by atoms with Crippen molar-refractivity contribution in [2.24, 2.45) is 29.6 Å². The van der Waals surface area contributed by atoms with E-state index >= 15 is 0 Å². The second-order valence-corrected chi connectivity index (χ2v) is 7.81. The molecule has 3 heteroatoms. The summed E-state index contributed by atoms with van der Waals surface area (Å²) in [6, 6.07) is 2.14. The highest BCUT2D eigenvalue weighted by Crippen LogP contribution is 2.57. The molecule has 100 valence electrons. The van der Waals surface area contributed by atoms with Crippen LogP contribution >= 0.6 is 11.3 Å². The van der Waals surface area contributed by atoms with Crippen LogP contribution in [0.1, 0.15) is 49.2 Å². The Balaban J connectivity index is 1.42. The second-order valence-electron chi connectivity index (χ2n) is 6.87. The molecule has 4 saturated carbocycles. The van der Waals surface area contributed by atoms with E-state index in [1.807, 2.05) is 5.38 Å². The van der Waals surface area contributed by atoms with Gasteiger partial charge in [-0.05, 0) is 74.5 Å². The number of hydrogen-bond donors (Lipinski definition) is 0. The lowest BCUT2D eigenvalue weighted by atomic mass is 9.51. The summed E-state index contributed by atoms with van der Waals surface area (Å²) in [6.45, 7) is 0. The first kappa shape index (κ1) is 11.9. The van der Waals surface area contributed by atoms with Crippen molar-refractivity contribution < 1.29 is 0 Å². The zero-order chi connectivity index (χ0) is 12.8. The van der Waals surface area contributed by atoms with Crippen molar-refractivity contribution in [1.29, 1.82) is 5.26 Å². The van der Waals surface area contributed by atoms with Crippen LogP contribution in [-0.2, 0) is 6.42 Å². The van der Waals surface area contributed by atoms with Gasteiger partial charge in [0.2, 0.25) is 0 Å². The van der Waals surface area contributed by atoms with E-state index in [4.69, 9.17) is 5.26 Å². The monoisotopic (exact) mass is 272 g/mol. The number of rotatable bonds is 3. The molecule has 0 atom stereocenters. The van der Waals surface area contributed by atoms with Crippen molar-refractivity contribution in [2.75, 3.05) is 0 Å². The Bertz CT molecular complexity index is 485. The van der Waals surface area contributed by atoms with Crippen LogP contribution in [0.5, 0.6) is 0 Å². The Morgan fingerprint density at radius 2 is 1.84 bits per heavy atom. The van der Waals surface area contributed by atoms with Crippen molar-refractivity contribution in [3.63, 3.8) is 0 Å². The Hall–Kier alpha value is -0.880. The highest BCUT2D eigenvalue weighted by Gasteiger charge is 2.47. The number of hydrogen-bond acceptors (Lipinski definition) is 3. The lowest BCUT2D eigenvalue weighted by Crippen LogP contribution is -2.45. The van der Waals surface area contributed by atoms with Gasteiger partial charge in [-0.1, -0.05) is 0 Å². The van der Waals surface area contributed by atoms with Gasteiger partial charge in [0, 0.05) is 5.38 Å². The third-order valence-electron chi connectivity index (χ3n) is 5.78. The third kappa shape index (κ3) is 2.10. The summed E-state index contributed by atoms with van der Waals surface area (Å²) in [7, 11) is 0. The summed E-state index contributed by atoms with van der Waals surface area (Å²) >= 11 is 1.67. The molecule has 0 spiro atoms. The minimum atomic E-state index is 0.602. The van der Waals surface area contributed by atoms with Crippen LogP contribution in [0.25, 0.3) is 0 Å². The van der Waals surface area contributed by atoms with Crippen molar-refractivity contribution in [3.05, 3.63) is 16.1 Å². The van der Waals surface area contributed by atoms with E-state index in [9.17, 15) is 0 Å². The quantitative estimate of drug-likeness (QED) is 0.833. The van der Waals surface area contributed by atoms with Crippen molar-refractivity contribution in [1.82, 2.24) is 4.98 Å². The molecule has 0 radical (unpaired) electrons. The Morgan fingerprint density at radius 3 is 2.42 bits per heavy atom. The van der Waals surface area contributed by atoms with Gasteiger partial charge in [-0.2, -0.15) is 5.26 Å². The summed E-state index contributed by atoms with van der Waals surface area (Å²) in [5.74, 6) is 5.15. The normalized spacial score (nSPS) is 39.4. The van der Waals surface area contributed by atoms with Gasteiger partial charge in [0.25, 0.3) is 0 Å². The average Bonchev–Trinajstić information content (AvgIpc) is 2.85. The van der Waals surface area contributed by atoms with Gasteiger partial charge >= 0.3 is 0 Å². The topological polar surface area (TPSA) is 36.7 Å². The van der Waals surface area contributed by atoms with E-state index in [2.05, 4.69) is 11.1 Å². The molecule has 4 aliphatic carbocycles. The molecule has 4 aliphatic rings. The van der Waals surface area contributed by atoms with Crippen LogP contribution in [0.15, 0.2) is 5.38 Å². The number of thiazole rings is 1. The molecular formula is C16H20N2S. The van der Waals surface area contributed by atoms with Gasteiger partial charge in [0.1, 0.15) is 6.07 Å². The average molecular weight is 272 g/mol. The van der Waals surface area contributed by atoms with Crippen LogP contribution in [0, 0.1) is 40.9 Å². The third-order valence-corrected chi connectivity index (χ3v) is 6.69. The van der Waals surface area contributed by atoms with Gasteiger partial charge in [-0.15, -0.1) is 11.3 Å². The van der Waals surface area contributed by atoms with E-state index in [0.29, 0.717) is 5.69 Å². The molecule has 0 amide bonds. The molecule has 0 saturated heterocycles. The van der Waals surface area contributed by atoms with E-state index in [0.717, 1.165) is 36.0 Å². The van der Waals surface area contributed by atoms with Crippen LogP contribution in [0.4, 0.5) is 0 Å². The molecule has 5 rings (SSSR count). The van der Waals surface area contributed by atoms with E-state index in [-0.39, 0.29) is 0 Å². The number of aryl methyl sites for hydroxylation is 1. The molecule has 19 heavy (non-hydrogen) atoms. The van der Waals surface area contributed by atoms with Crippen molar-refractivity contribution >= 4 is 11.3 Å². The summed E-state index contributed by atoms with van der Waals surface area (Å²) in [5, 5.41) is 11.9. The first-order valence-corrected chi connectivity index (χ1v) is 8.54. The molecule has 2 nitrogen and oxygen atoms in total. The van der Waals surface area contributed by atoms with Crippen LogP contribution in [0.2, 0.25) is 0 Å². The van der Waals surface area contributed by atoms with Gasteiger partial charge in [-0.25, -0.2) is 4.98 Å². The lowest BCUT2D eigenvalue weighted by Gasteiger charge is -2.54. The Labute approximate surface area is 118 Å². The molecule has 4 bridgehead atoms. The molecule has 4 fully saturated rings. The molecule has 0 aliphatic heterocycles. The largest absolute Gasteiger partial charge is 0.231 e. The summed E-state index contributed by atoms with van der Waals surface area (Å²) in [6.07, 6.45) is 10.0. The van der Waals surface area contributed by atoms with E-state index in [1.54, 1.807) is 11.3 Å². The van der Waals surface area contributed by atoms with E-state index < -0.39 is 0 Å². The van der Waals surface area contributed by atoms with Crippen LogP contribution < -0.4 is 0 Å². The van der Waals surface area contributed by atoms with Crippen LogP contribution in [-0.4, -0.2) is 4.98 Å². The molecule has 0 unspecified atom stereocenters. The smallest absolute Gasteiger partial charge is 0.151 e. The van der Waals surface area contributed by atoms with Gasteiger partial charge < -0.3 is 0 Å². The SMILES string of the molecule is N#Cc1csc(CCC2C3CC4CC(C3)CC2C4)n1. The summed E-state index contributed by atoms with van der Waals surface area (Å²) in [4.78, 5) is 4.39. The van der Waals surface area contributed by atoms with Gasteiger partial charge in [-0.3, -0.25) is 0 Å².